The topological polar surface area (TPSA) is 13.0 Å². The molecule has 4 nitrogen and oxygen atoms in total. The van der Waals surface area contributed by atoms with Gasteiger partial charge in [0.15, 0.2) is 0 Å². The largest absolute Gasteiger partial charge is 0.310 e. The molecule has 0 saturated carbocycles. The molecule has 0 unspecified atom stereocenters. The lowest BCUT2D eigenvalue weighted by Gasteiger charge is -2.29. The third kappa shape index (κ3) is 16.3. The minimum absolute atomic E-state index is 0.344. The molecule has 0 saturated heterocycles. The number of fused-ring (bicyclic) bond motifs is 7. The van der Waals surface area contributed by atoms with E-state index in [1.807, 2.05) is 0 Å². The fourth-order valence-corrected chi connectivity index (χ4v) is 21.3. The molecule has 0 aliphatic heterocycles. The SMILES string of the molecule is CC1(C)c2cc(N(c3ccc(-c4ccccc4)cc3)c3ccc(-c4ccccc4)cc3)ccc2-c2ccc(N(c3ccc(-c4ccc(-c5ccccc5)cc4)cc3)c3ccc(-c4cccc(-c5ccc6ccc(-c7ccc(N(c8ccc(-c9ccccc9)cc8)c8ccc9c(c8)C(C)(C)c8cc(N(c%10ccc(-c%11ccccc%11)cc%10)c%10ccc(-c%11ccccc%11)cc%10)ccc8-9)cc7)cc6c5)c4)cc3)cc21. The molecule has 22 aromatic rings. The molecule has 0 heterocycles. The van der Waals surface area contributed by atoms with E-state index < -0.39 is 0 Å². The standard InChI is InChI=1S/C136H100N4/c1-135(2)131-89-123(137(115-62-46-101(47-63-115)94-26-13-6-14-27-94)116-64-48-102(49-65-116)95-28-15-7-16-29-95)78-82-127(131)129-84-80-125(91-133(129)135)139(119-70-54-105(55-71-119)98-34-21-10-22-35-98)122-76-60-108(61-77-122)112-44-42-109-43-45-113(88-114(109)87-112)111-37-23-36-110(86-111)107-58-74-121(75-59-107)140(120-72-56-106(57-73-120)100-40-38-99(39-41-100)93-24-11-5-12-25-93)126-81-85-130-128-83-79-124(90-132(128)136(3,4)134(130)92-126)138(117-66-50-103(51-67-117)96-30-17-8-18-31-96)118-68-52-104(53-69-118)97-32-19-9-20-33-97/h5-92H,1-4H3. The first-order chi connectivity index (χ1) is 68.8. The maximum absolute atomic E-state index is 2.45. The second kappa shape index (κ2) is 36.2. The smallest absolute Gasteiger partial charge is 0.0465 e. The molecule has 664 valence electrons. The lowest BCUT2D eigenvalue weighted by molar-refractivity contribution is 0.660. The fourth-order valence-electron chi connectivity index (χ4n) is 21.3. The summed E-state index contributed by atoms with van der Waals surface area (Å²) in [5.41, 5.74) is 46.1. The summed E-state index contributed by atoms with van der Waals surface area (Å²) in [5.74, 6) is 0. The summed E-state index contributed by atoms with van der Waals surface area (Å²) in [6, 6.07) is 197. The van der Waals surface area contributed by atoms with Crippen LogP contribution in [0, 0.1) is 0 Å². The lowest BCUT2D eigenvalue weighted by Crippen LogP contribution is -2.17. The summed E-state index contributed by atoms with van der Waals surface area (Å²) in [5, 5.41) is 2.37. The Hall–Kier alpha value is -17.7. The van der Waals surface area contributed by atoms with Crippen LogP contribution in [0.25, 0.3) is 144 Å². The summed E-state index contributed by atoms with van der Waals surface area (Å²) in [6.07, 6.45) is 0. The molecule has 2 aliphatic rings. The molecule has 0 amide bonds. The first kappa shape index (κ1) is 85.2. The number of hydrogen-bond acceptors (Lipinski definition) is 4. The second-order valence-corrected chi connectivity index (χ2v) is 38.0. The first-order valence-corrected chi connectivity index (χ1v) is 48.5. The molecule has 0 N–H and O–H groups in total. The van der Waals surface area contributed by atoms with Crippen LogP contribution in [-0.2, 0) is 10.8 Å². The van der Waals surface area contributed by atoms with Crippen molar-refractivity contribution in [3.63, 3.8) is 0 Å². The van der Waals surface area contributed by atoms with Gasteiger partial charge in [-0.05, 0) is 330 Å². The minimum atomic E-state index is -0.356. The third-order valence-electron chi connectivity index (χ3n) is 28.9. The molecule has 24 rings (SSSR count). The Morgan fingerprint density at radius 3 is 0.479 bits per heavy atom. The number of anilines is 12. The maximum atomic E-state index is 2.45. The summed E-state index contributed by atoms with van der Waals surface area (Å²) in [7, 11) is 0. The Balaban J connectivity index is 0.522. The van der Waals surface area contributed by atoms with E-state index in [0.717, 1.165) is 107 Å². The number of rotatable bonds is 22. The van der Waals surface area contributed by atoms with Crippen LogP contribution >= 0.6 is 0 Å². The van der Waals surface area contributed by atoms with E-state index in [9.17, 15) is 0 Å². The van der Waals surface area contributed by atoms with Crippen molar-refractivity contribution in [3.8, 4) is 134 Å². The zero-order valence-electron chi connectivity index (χ0n) is 78.6. The Morgan fingerprint density at radius 1 is 0.114 bits per heavy atom. The monoisotopic (exact) mass is 1790 g/mol. The van der Waals surface area contributed by atoms with Gasteiger partial charge in [-0.2, -0.15) is 0 Å². The van der Waals surface area contributed by atoms with Crippen molar-refractivity contribution in [2.75, 3.05) is 19.6 Å². The zero-order valence-corrected chi connectivity index (χ0v) is 78.6. The van der Waals surface area contributed by atoms with Crippen LogP contribution in [0.4, 0.5) is 68.2 Å². The summed E-state index contributed by atoms with van der Waals surface area (Å²) >= 11 is 0. The Kier molecular flexibility index (Phi) is 22.0. The van der Waals surface area contributed by atoms with E-state index in [-0.39, 0.29) is 10.8 Å². The van der Waals surface area contributed by atoms with E-state index in [2.05, 4.69) is 581 Å². The first-order valence-electron chi connectivity index (χ1n) is 48.5. The highest BCUT2D eigenvalue weighted by Gasteiger charge is 2.39. The molecule has 22 aromatic carbocycles. The van der Waals surface area contributed by atoms with Crippen LogP contribution in [0.3, 0.4) is 0 Å². The highest BCUT2D eigenvalue weighted by molar-refractivity contribution is 5.96. The van der Waals surface area contributed by atoms with Crippen LogP contribution in [0.2, 0.25) is 0 Å². The Labute approximate surface area is 820 Å². The van der Waals surface area contributed by atoms with E-state index in [0.29, 0.717) is 0 Å². The molecule has 0 spiro atoms. The number of hydrogen-bond donors (Lipinski definition) is 0. The van der Waals surface area contributed by atoms with Gasteiger partial charge < -0.3 is 19.6 Å². The maximum Gasteiger partial charge on any atom is 0.0465 e. The quantitative estimate of drug-likeness (QED) is 0.0670. The third-order valence-corrected chi connectivity index (χ3v) is 28.9. The van der Waals surface area contributed by atoms with Crippen molar-refractivity contribution >= 4 is 79.0 Å². The summed E-state index contributed by atoms with van der Waals surface area (Å²) in [6.45, 7) is 9.60. The average Bonchev–Trinajstić information content (AvgIpc) is 1.57. The van der Waals surface area contributed by atoms with Gasteiger partial charge in [0.2, 0.25) is 0 Å². The van der Waals surface area contributed by atoms with Gasteiger partial charge in [0, 0.05) is 79.1 Å². The van der Waals surface area contributed by atoms with Gasteiger partial charge >= 0.3 is 0 Å². The fraction of sp³-hybridized carbons (Fsp3) is 0.0441. The van der Waals surface area contributed by atoms with Crippen molar-refractivity contribution in [1.29, 1.82) is 0 Å². The van der Waals surface area contributed by atoms with Gasteiger partial charge in [-0.25, -0.2) is 0 Å². The van der Waals surface area contributed by atoms with E-state index in [1.165, 1.54) is 128 Å². The summed E-state index contributed by atoms with van der Waals surface area (Å²) in [4.78, 5) is 9.68. The van der Waals surface area contributed by atoms with Crippen molar-refractivity contribution in [2.45, 2.75) is 38.5 Å². The predicted molar refractivity (Wildman–Crippen MR) is 592 cm³/mol. The van der Waals surface area contributed by atoms with Crippen molar-refractivity contribution in [2.24, 2.45) is 0 Å². The minimum Gasteiger partial charge on any atom is -0.310 e. The molecule has 2 aliphatic carbocycles. The number of benzene rings is 22. The van der Waals surface area contributed by atoms with Gasteiger partial charge in [-0.1, -0.05) is 398 Å². The van der Waals surface area contributed by atoms with Gasteiger partial charge in [0.05, 0.1) is 0 Å². The molecule has 0 aromatic heterocycles. The van der Waals surface area contributed by atoms with Crippen molar-refractivity contribution in [3.05, 3.63) is 556 Å². The van der Waals surface area contributed by atoms with Crippen molar-refractivity contribution < 1.29 is 0 Å². The van der Waals surface area contributed by atoms with Crippen LogP contribution in [0.1, 0.15) is 49.9 Å². The Bertz CT molecular complexity index is 8110. The van der Waals surface area contributed by atoms with Crippen LogP contribution in [-0.4, -0.2) is 0 Å². The normalized spacial score (nSPS) is 12.4. The van der Waals surface area contributed by atoms with Crippen molar-refractivity contribution in [1.82, 2.24) is 0 Å². The molecule has 140 heavy (non-hydrogen) atoms. The highest BCUT2D eigenvalue weighted by atomic mass is 15.2. The van der Waals surface area contributed by atoms with Crippen LogP contribution in [0.5, 0.6) is 0 Å². The molecule has 4 heteroatoms. The molecular formula is C136H100N4. The predicted octanol–water partition coefficient (Wildman–Crippen LogP) is 38.0. The lowest BCUT2D eigenvalue weighted by atomic mass is 9.82. The molecule has 0 radical (unpaired) electrons. The van der Waals surface area contributed by atoms with Gasteiger partial charge in [-0.15, -0.1) is 0 Å². The summed E-state index contributed by atoms with van der Waals surface area (Å²) < 4.78 is 0. The highest BCUT2D eigenvalue weighted by Crippen LogP contribution is 2.56. The number of nitrogens with zero attached hydrogens (tertiary/aromatic N) is 4. The average molecular weight is 1790 g/mol. The van der Waals surface area contributed by atoms with E-state index in [4.69, 9.17) is 0 Å². The van der Waals surface area contributed by atoms with Gasteiger partial charge in [-0.3, -0.25) is 0 Å². The molecular weight excluding hydrogens is 1690 g/mol. The van der Waals surface area contributed by atoms with Crippen LogP contribution < -0.4 is 19.6 Å². The molecule has 0 atom stereocenters. The van der Waals surface area contributed by atoms with E-state index in [1.54, 1.807) is 0 Å². The zero-order chi connectivity index (χ0) is 93.8. The van der Waals surface area contributed by atoms with Crippen LogP contribution in [0.15, 0.2) is 534 Å². The second-order valence-electron chi connectivity index (χ2n) is 38.0. The van der Waals surface area contributed by atoms with E-state index >= 15 is 0 Å². The van der Waals surface area contributed by atoms with Gasteiger partial charge in [0.1, 0.15) is 0 Å². The molecule has 0 fully saturated rings. The Morgan fingerprint density at radius 2 is 0.264 bits per heavy atom. The van der Waals surface area contributed by atoms with Gasteiger partial charge in [0.25, 0.3) is 0 Å². The molecule has 0 bridgehead atoms.